The maximum absolute atomic E-state index is 12.3. The lowest BCUT2D eigenvalue weighted by molar-refractivity contribution is 0.0799. The quantitative estimate of drug-likeness (QED) is 0.926. The van der Waals surface area contributed by atoms with Gasteiger partial charge >= 0.3 is 0 Å². The van der Waals surface area contributed by atoms with Gasteiger partial charge in [0, 0.05) is 28.7 Å². The lowest BCUT2D eigenvalue weighted by Gasteiger charge is -2.15. The molecule has 19 heavy (non-hydrogen) atoms. The number of halogens is 1. The first-order chi connectivity index (χ1) is 9.04. The van der Waals surface area contributed by atoms with E-state index in [4.69, 9.17) is 17.3 Å². The molecule has 0 aliphatic carbocycles. The summed E-state index contributed by atoms with van der Waals surface area (Å²) < 4.78 is 0.995. The van der Waals surface area contributed by atoms with Crippen molar-refractivity contribution in [2.75, 3.05) is 19.3 Å². The van der Waals surface area contributed by atoms with Crippen LogP contribution in [-0.2, 0) is 0 Å². The Kier molecular flexibility index (Phi) is 4.32. The van der Waals surface area contributed by atoms with Crippen LogP contribution in [0.4, 0.5) is 5.69 Å². The molecule has 1 aromatic heterocycles. The molecule has 3 nitrogen and oxygen atoms in total. The molecular weight excluding hydrogens is 280 g/mol. The second-order valence-electron chi connectivity index (χ2n) is 4.57. The van der Waals surface area contributed by atoms with Crippen LogP contribution in [0.25, 0.3) is 10.1 Å². The Bertz CT molecular complexity index is 609. The van der Waals surface area contributed by atoms with Crippen molar-refractivity contribution in [3.05, 3.63) is 28.1 Å². The number of nitrogens with zero attached hydrogens (tertiary/aromatic N) is 1. The molecule has 0 saturated heterocycles. The highest BCUT2D eigenvalue weighted by Gasteiger charge is 2.19. The molecule has 0 radical (unpaired) electrons. The van der Waals surface area contributed by atoms with Crippen LogP contribution in [0.3, 0.4) is 0 Å². The highest BCUT2D eigenvalue weighted by Crippen LogP contribution is 2.35. The van der Waals surface area contributed by atoms with E-state index in [0.29, 0.717) is 15.6 Å². The molecule has 102 valence electrons. The van der Waals surface area contributed by atoms with Crippen LogP contribution in [0.5, 0.6) is 0 Å². The van der Waals surface area contributed by atoms with Gasteiger partial charge in [0.2, 0.25) is 0 Å². The molecule has 5 heteroatoms. The number of hydrogen-bond donors (Lipinski definition) is 1. The number of unbranched alkanes of at least 4 members (excludes halogenated alkanes) is 1. The molecule has 1 aromatic carbocycles. The lowest BCUT2D eigenvalue weighted by atomic mass is 10.2. The third kappa shape index (κ3) is 2.85. The zero-order valence-corrected chi connectivity index (χ0v) is 12.6. The molecule has 0 unspecified atom stereocenters. The van der Waals surface area contributed by atoms with Gasteiger partial charge in [-0.15, -0.1) is 11.3 Å². The van der Waals surface area contributed by atoms with E-state index in [0.717, 1.165) is 29.5 Å². The molecule has 2 rings (SSSR count). The lowest BCUT2D eigenvalue weighted by Crippen LogP contribution is -2.27. The Morgan fingerprint density at radius 3 is 2.89 bits per heavy atom. The number of thiophene rings is 1. The van der Waals surface area contributed by atoms with Crippen molar-refractivity contribution >= 4 is 44.6 Å². The Morgan fingerprint density at radius 1 is 1.47 bits per heavy atom. The van der Waals surface area contributed by atoms with Crippen molar-refractivity contribution in [3.63, 3.8) is 0 Å². The minimum atomic E-state index is -0.0109. The van der Waals surface area contributed by atoms with E-state index < -0.39 is 0 Å². The molecule has 2 aromatic rings. The minimum absolute atomic E-state index is 0.0109. The molecule has 1 amide bonds. The van der Waals surface area contributed by atoms with Crippen LogP contribution in [0.2, 0.25) is 5.02 Å². The summed E-state index contributed by atoms with van der Waals surface area (Å²) in [5.41, 5.74) is 6.62. The van der Waals surface area contributed by atoms with Gasteiger partial charge in [-0.2, -0.15) is 0 Å². The summed E-state index contributed by atoms with van der Waals surface area (Å²) in [6.07, 6.45) is 2.06. The number of nitrogen functional groups attached to an aromatic ring is 1. The summed E-state index contributed by atoms with van der Waals surface area (Å²) in [6.45, 7) is 2.86. The number of carbonyl (C=O) groups excluding carboxylic acids is 1. The van der Waals surface area contributed by atoms with Crippen LogP contribution < -0.4 is 5.73 Å². The summed E-state index contributed by atoms with van der Waals surface area (Å²) in [5.74, 6) is -0.0109. The van der Waals surface area contributed by atoms with E-state index in [-0.39, 0.29) is 5.91 Å². The number of benzene rings is 1. The van der Waals surface area contributed by atoms with Crippen LogP contribution in [0.1, 0.15) is 29.4 Å². The van der Waals surface area contributed by atoms with Gasteiger partial charge in [-0.05, 0) is 24.6 Å². The highest BCUT2D eigenvalue weighted by molar-refractivity contribution is 7.21. The minimum Gasteiger partial charge on any atom is -0.397 e. The summed E-state index contributed by atoms with van der Waals surface area (Å²) >= 11 is 7.39. The fourth-order valence-electron chi connectivity index (χ4n) is 1.92. The van der Waals surface area contributed by atoms with Crippen molar-refractivity contribution in [2.24, 2.45) is 0 Å². The Balaban J connectivity index is 2.34. The van der Waals surface area contributed by atoms with Crippen LogP contribution in [0, 0.1) is 0 Å². The maximum Gasteiger partial charge on any atom is 0.265 e. The van der Waals surface area contributed by atoms with Gasteiger partial charge in [0.05, 0.1) is 5.69 Å². The van der Waals surface area contributed by atoms with E-state index in [1.54, 1.807) is 4.90 Å². The van der Waals surface area contributed by atoms with E-state index in [1.165, 1.54) is 11.3 Å². The zero-order valence-electron chi connectivity index (χ0n) is 11.1. The number of rotatable bonds is 4. The Labute approximate surface area is 122 Å². The Hall–Kier alpha value is -1.26. The topological polar surface area (TPSA) is 46.3 Å². The van der Waals surface area contributed by atoms with Gasteiger partial charge in [-0.1, -0.05) is 24.9 Å². The smallest absolute Gasteiger partial charge is 0.265 e. The van der Waals surface area contributed by atoms with Gasteiger partial charge < -0.3 is 10.6 Å². The third-order valence-electron chi connectivity index (χ3n) is 3.08. The normalized spacial score (nSPS) is 10.9. The summed E-state index contributed by atoms with van der Waals surface area (Å²) in [5, 5.41) is 1.50. The number of fused-ring (bicyclic) bond motifs is 1. The van der Waals surface area contributed by atoms with Gasteiger partial charge in [-0.25, -0.2) is 0 Å². The predicted octanol–water partition coefficient (Wildman–Crippen LogP) is 4.01. The summed E-state index contributed by atoms with van der Waals surface area (Å²) in [6, 6.07) is 5.53. The Morgan fingerprint density at radius 2 is 2.21 bits per heavy atom. The van der Waals surface area contributed by atoms with Gasteiger partial charge in [0.25, 0.3) is 5.91 Å². The molecule has 0 aliphatic rings. The van der Waals surface area contributed by atoms with Gasteiger partial charge in [0.15, 0.2) is 0 Å². The van der Waals surface area contributed by atoms with E-state index in [9.17, 15) is 4.79 Å². The van der Waals surface area contributed by atoms with Gasteiger partial charge in [-0.3, -0.25) is 4.79 Å². The summed E-state index contributed by atoms with van der Waals surface area (Å²) in [4.78, 5) is 14.7. The first-order valence-corrected chi connectivity index (χ1v) is 7.47. The molecule has 2 N–H and O–H groups in total. The van der Waals surface area contributed by atoms with Crippen LogP contribution >= 0.6 is 22.9 Å². The first-order valence-electron chi connectivity index (χ1n) is 6.27. The van der Waals surface area contributed by atoms with E-state index >= 15 is 0 Å². The molecular formula is C14H17ClN2OS. The van der Waals surface area contributed by atoms with E-state index in [1.807, 2.05) is 25.2 Å². The highest BCUT2D eigenvalue weighted by atomic mass is 35.5. The fraction of sp³-hybridized carbons (Fsp3) is 0.357. The van der Waals surface area contributed by atoms with Crippen LogP contribution in [-0.4, -0.2) is 24.4 Å². The van der Waals surface area contributed by atoms with E-state index in [2.05, 4.69) is 6.92 Å². The molecule has 0 saturated carbocycles. The average Bonchev–Trinajstić information content (AvgIpc) is 2.72. The first kappa shape index (κ1) is 14.2. The van der Waals surface area contributed by atoms with Crippen molar-refractivity contribution in [1.82, 2.24) is 4.90 Å². The average molecular weight is 297 g/mol. The molecule has 0 spiro atoms. The van der Waals surface area contributed by atoms with Gasteiger partial charge in [0.1, 0.15) is 4.88 Å². The number of amides is 1. The SMILES string of the molecule is CCCCN(C)C(=O)c1sc2ccc(Cl)cc2c1N. The molecule has 0 aliphatic heterocycles. The third-order valence-corrected chi connectivity index (χ3v) is 4.49. The maximum atomic E-state index is 12.3. The number of anilines is 1. The fourth-order valence-corrected chi connectivity index (χ4v) is 3.19. The standard InChI is InChI=1S/C14H17ClN2OS/c1-3-4-7-17(2)14(18)13-12(16)10-8-9(15)5-6-11(10)19-13/h5-6,8H,3-4,7,16H2,1-2H3. The number of carbonyl (C=O) groups is 1. The largest absolute Gasteiger partial charge is 0.397 e. The predicted molar refractivity (Wildman–Crippen MR) is 83.1 cm³/mol. The van der Waals surface area contributed by atoms with Crippen molar-refractivity contribution in [2.45, 2.75) is 19.8 Å². The van der Waals surface area contributed by atoms with Crippen LogP contribution in [0.15, 0.2) is 18.2 Å². The van der Waals surface area contributed by atoms with Crippen molar-refractivity contribution in [3.8, 4) is 0 Å². The second-order valence-corrected chi connectivity index (χ2v) is 6.05. The van der Waals surface area contributed by atoms with Crippen molar-refractivity contribution in [1.29, 1.82) is 0 Å². The molecule has 0 fully saturated rings. The zero-order chi connectivity index (χ0) is 14.0. The second kappa shape index (κ2) is 5.80. The monoisotopic (exact) mass is 296 g/mol. The molecule has 0 atom stereocenters. The van der Waals surface area contributed by atoms with Crippen molar-refractivity contribution < 1.29 is 4.79 Å². The molecule has 0 bridgehead atoms. The molecule has 1 heterocycles. The number of hydrogen-bond acceptors (Lipinski definition) is 3. The number of nitrogens with two attached hydrogens (primary N) is 1. The summed E-state index contributed by atoms with van der Waals surface area (Å²) in [7, 11) is 1.81.